The first-order valence-electron chi connectivity index (χ1n) is 7.46. The molecule has 0 fully saturated rings. The van der Waals surface area contributed by atoms with Crippen molar-refractivity contribution in [3.63, 3.8) is 0 Å². The number of esters is 1. The SMILES string of the molecule is CC.CC.COC(=O)Cc1c(C)c(C)cc(NSC)c1C. The molecule has 1 aromatic rings. The van der Waals surface area contributed by atoms with E-state index < -0.39 is 0 Å². The molecule has 0 amide bonds. The first kappa shape index (κ1) is 22.1. The highest BCUT2D eigenvalue weighted by Crippen LogP contribution is 2.27. The number of anilines is 1. The first-order valence-corrected chi connectivity index (χ1v) is 8.69. The number of rotatable bonds is 4. The third-order valence-corrected chi connectivity index (χ3v) is 3.45. The number of nitrogens with one attached hydrogen (secondary N) is 1. The van der Waals surface area contributed by atoms with Crippen LogP contribution < -0.4 is 4.72 Å². The third-order valence-electron chi connectivity index (χ3n) is 3.02. The predicted molar refractivity (Wildman–Crippen MR) is 96.2 cm³/mol. The molecule has 1 rings (SSSR count). The normalized spacial score (nSPS) is 8.81. The Kier molecular flexibility index (Phi) is 13.2. The predicted octanol–water partition coefficient (Wildman–Crippen LogP) is 5.07. The van der Waals surface area contributed by atoms with Gasteiger partial charge in [-0.1, -0.05) is 39.6 Å². The molecule has 1 aromatic carbocycles. The molecule has 0 heterocycles. The van der Waals surface area contributed by atoms with Crippen LogP contribution in [0, 0.1) is 20.8 Å². The number of carbonyl (C=O) groups is 1. The third kappa shape index (κ3) is 6.89. The molecule has 1 N–H and O–H groups in total. The zero-order chi connectivity index (χ0) is 17.0. The second-order valence-electron chi connectivity index (χ2n) is 4.03. The lowest BCUT2D eigenvalue weighted by atomic mass is 9.94. The minimum atomic E-state index is -0.197. The second-order valence-corrected chi connectivity index (χ2v) is 4.64. The Labute approximate surface area is 135 Å². The summed E-state index contributed by atoms with van der Waals surface area (Å²) in [5.41, 5.74) is 5.60. The Bertz CT molecular complexity index is 431. The topological polar surface area (TPSA) is 38.3 Å². The molecule has 0 aliphatic heterocycles. The smallest absolute Gasteiger partial charge is 0.309 e. The van der Waals surface area contributed by atoms with Gasteiger partial charge in [-0.3, -0.25) is 4.79 Å². The molecule has 0 aliphatic rings. The van der Waals surface area contributed by atoms with Crippen LogP contribution in [-0.2, 0) is 16.0 Å². The van der Waals surface area contributed by atoms with Crippen LogP contribution in [0.3, 0.4) is 0 Å². The van der Waals surface area contributed by atoms with E-state index >= 15 is 0 Å². The fourth-order valence-electron chi connectivity index (χ4n) is 1.81. The lowest BCUT2D eigenvalue weighted by Gasteiger charge is -2.16. The van der Waals surface area contributed by atoms with E-state index in [0.29, 0.717) is 6.42 Å². The van der Waals surface area contributed by atoms with Gasteiger partial charge in [-0.2, -0.15) is 0 Å². The molecule has 0 unspecified atom stereocenters. The number of ether oxygens (including phenoxy) is 1. The van der Waals surface area contributed by atoms with Crippen molar-refractivity contribution in [3.05, 3.63) is 28.3 Å². The maximum Gasteiger partial charge on any atom is 0.309 e. The maximum absolute atomic E-state index is 11.4. The zero-order valence-electron chi connectivity index (χ0n) is 15.0. The van der Waals surface area contributed by atoms with Gasteiger partial charge in [-0.25, -0.2) is 0 Å². The van der Waals surface area contributed by atoms with Gasteiger partial charge in [0.25, 0.3) is 0 Å². The number of hydrogen-bond acceptors (Lipinski definition) is 4. The maximum atomic E-state index is 11.4. The van der Waals surface area contributed by atoms with E-state index in [4.69, 9.17) is 4.74 Å². The van der Waals surface area contributed by atoms with E-state index in [9.17, 15) is 4.79 Å². The first-order chi connectivity index (χ1) is 10.0. The molecule has 21 heavy (non-hydrogen) atoms. The van der Waals surface area contributed by atoms with E-state index in [2.05, 4.69) is 17.7 Å². The molecule has 122 valence electrons. The van der Waals surface area contributed by atoms with Crippen LogP contribution in [0.15, 0.2) is 6.07 Å². The van der Waals surface area contributed by atoms with E-state index in [1.54, 1.807) is 11.9 Å². The number of carbonyl (C=O) groups excluding carboxylic acids is 1. The van der Waals surface area contributed by atoms with Gasteiger partial charge in [0.15, 0.2) is 0 Å². The van der Waals surface area contributed by atoms with Gasteiger partial charge < -0.3 is 9.46 Å². The average Bonchev–Trinajstić information content (AvgIpc) is 2.53. The van der Waals surface area contributed by atoms with Gasteiger partial charge in [-0.05, 0) is 49.1 Å². The Hall–Kier alpha value is -1.16. The highest BCUT2D eigenvalue weighted by atomic mass is 32.2. The summed E-state index contributed by atoms with van der Waals surface area (Å²) in [6.07, 6.45) is 2.31. The largest absolute Gasteiger partial charge is 0.469 e. The van der Waals surface area contributed by atoms with Crippen LogP contribution in [0.1, 0.15) is 49.9 Å². The fourth-order valence-corrected chi connectivity index (χ4v) is 2.24. The molecule has 0 aliphatic carbocycles. The summed E-state index contributed by atoms with van der Waals surface area (Å²) < 4.78 is 7.98. The monoisotopic (exact) mass is 313 g/mol. The summed E-state index contributed by atoms with van der Waals surface area (Å²) >= 11 is 1.55. The molecule has 4 heteroatoms. The van der Waals surface area contributed by atoms with Crippen molar-refractivity contribution in [2.24, 2.45) is 0 Å². The van der Waals surface area contributed by atoms with Crippen LogP contribution in [0.2, 0.25) is 0 Å². The fraction of sp³-hybridized carbons (Fsp3) is 0.588. The Morgan fingerprint density at radius 2 is 1.67 bits per heavy atom. The van der Waals surface area contributed by atoms with Gasteiger partial charge in [0.2, 0.25) is 0 Å². The van der Waals surface area contributed by atoms with Crippen molar-refractivity contribution in [1.82, 2.24) is 0 Å². The van der Waals surface area contributed by atoms with Crippen LogP contribution in [0.4, 0.5) is 5.69 Å². The molecule has 0 saturated heterocycles. The van der Waals surface area contributed by atoms with E-state index in [-0.39, 0.29) is 5.97 Å². The highest BCUT2D eigenvalue weighted by molar-refractivity contribution is 7.99. The quantitative estimate of drug-likeness (QED) is 0.622. The summed E-state index contributed by atoms with van der Waals surface area (Å²) in [5.74, 6) is -0.197. The summed E-state index contributed by atoms with van der Waals surface area (Å²) in [4.78, 5) is 11.4. The van der Waals surface area contributed by atoms with Crippen molar-refractivity contribution in [3.8, 4) is 0 Å². The molecule has 0 aromatic heterocycles. The molecular weight excluding hydrogens is 282 g/mol. The minimum Gasteiger partial charge on any atom is -0.469 e. The molecule has 3 nitrogen and oxygen atoms in total. The lowest BCUT2D eigenvalue weighted by molar-refractivity contribution is -0.139. The van der Waals surface area contributed by atoms with Crippen molar-refractivity contribution < 1.29 is 9.53 Å². The van der Waals surface area contributed by atoms with Crippen LogP contribution >= 0.6 is 11.9 Å². The summed E-state index contributed by atoms with van der Waals surface area (Å²) in [5, 5.41) is 0. The molecule has 0 saturated carbocycles. The van der Waals surface area contributed by atoms with Gasteiger partial charge in [0, 0.05) is 11.9 Å². The minimum absolute atomic E-state index is 0.197. The van der Waals surface area contributed by atoms with Gasteiger partial charge in [0.1, 0.15) is 0 Å². The van der Waals surface area contributed by atoms with Crippen molar-refractivity contribution in [2.45, 2.75) is 54.9 Å². The Morgan fingerprint density at radius 1 is 1.14 bits per heavy atom. The second kappa shape index (κ2) is 12.6. The standard InChI is InChI=1S/C13H19NO2S.2C2H6/c1-8-6-12(14-17-5)10(3)11(9(8)2)7-13(15)16-4;2*1-2/h6,14H,7H2,1-5H3;2*1-2H3. The summed E-state index contributed by atoms with van der Waals surface area (Å²) in [6, 6.07) is 2.11. The number of aryl methyl sites for hydroxylation is 1. The highest BCUT2D eigenvalue weighted by Gasteiger charge is 2.13. The van der Waals surface area contributed by atoms with E-state index in [0.717, 1.165) is 16.8 Å². The Morgan fingerprint density at radius 3 is 2.10 bits per heavy atom. The molecule has 0 radical (unpaired) electrons. The number of hydrogen-bond donors (Lipinski definition) is 1. The zero-order valence-corrected chi connectivity index (χ0v) is 15.8. The molecular formula is C17H31NO2S. The number of methoxy groups -OCH3 is 1. The molecule has 0 atom stereocenters. The summed E-state index contributed by atoms with van der Waals surface area (Å²) in [7, 11) is 1.42. The van der Waals surface area contributed by atoms with Crippen molar-refractivity contribution >= 4 is 23.6 Å². The van der Waals surface area contributed by atoms with Gasteiger partial charge in [-0.15, -0.1) is 0 Å². The van der Waals surface area contributed by atoms with Crippen molar-refractivity contribution in [1.29, 1.82) is 0 Å². The van der Waals surface area contributed by atoms with Crippen LogP contribution in [0.25, 0.3) is 0 Å². The van der Waals surface area contributed by atoms with Crippen LogP contribution in [-0.4, -0.2) is 19.3 Å². The van der Waals surface area contributed by atoms with E-state index in [1.807, 2.05) is 47.8 Å². The molecule has 0 bridgehead atoms. The van der Waals surface area contributed by atoms with Crippen LogP contribution in [0.5, 0.6) is 0 Å². The summed E-state index contributed by atoms with van der Waals surface area (Å²) in [6.45, 7) is 14.1. The number of benzene rings is 1. The van der Waals surface area contributed by atoms with Gasteiger partial charge in [0.05, 0.1) is 13.5 Å². The lowest BCUT2D eigenvalue weighted by Crippen LogP contribution is -2.09. The van der Waals surface area contributed by atoms with E-state index in [1.165, 1.54) is 18.2 Å². The Balaban J connectivity index is 0. The van der Waals surface area contributed by atoms with Crippen molar-refractivity contribution in [2.75, 3.05) is 18.1 Å². The average molecular weight is 314 g/mol. The molecule has 0 spiro atoms. The van der Waals surface area contributed by atoms with Gasteiger partial charge >= 0.3 is 5.97 Å².